The molecule has 0 saturated carbocycles. The molecule has 0 unspecified atom stereocenters. The summed E-state index contributed by atoms with van der Waals surface area (Å²) in [5.74, 6) is 3.93. The van der Waals surface area contributed by atoms with Gasteiger partial charge in [0.15, 0.2) is 0 Å². The molecule has 2 fully saturated rings. The van der Waals surface area contributed by atoms with E-state index in [9.17, 15) is 9.59 Å². The number of carbonyl (C=O) groups excluding carboxylic acids is 2. The van der Waals surface area contributed by atoms with Crippen LogP contribution >= 0.6 is 23.5 Å². The summed E-state index contributed by atoms with van der Waals surface area (Å²) in [6.07, 6.45) is 3.71. The predicted octanol–water partition coefficient (Wildman–Crippen LogP) is 2.62. The summed E-state index contributed by atoms with van der Waals surface area (Å²) < 4.78 is 0. The number of carbonyl (C=O) groups is 2. The van der Waals surface area contributed by atoms with Crippen molar-refractivity contribution in [1.29, 1.82) is 0 Å². The van der Waals surface area contributed by atoms with Crippen LogP contribution in [0.5, 0.6) is 0 Å². The second kappa shape index (κ2) is 7.62. The Morgan fingerprint density at radius 1 is 1.12 bits per heavy atom. The minimum absolute atomic E-state index is 0.150. The van der Waals surface area contributed by atoms with Gasteiger partial charge in [0.05, 0.1) is 11.8 Å². The van der Waals surface area contributed by atoms with Crippen molar-refractivity contribution in [2.75, 3.05) is 29.8 Å². The molecular formula is C19H24N2O2S2. The number of aryl methyl sites for hydroxylation is 1. The van der Waals surface area contributed by atoms with Gasteiger partial charge < -0.3 is 9.80 Å². The smallest absolute Gasteiger partial charge is 0.246 e. The van der Waals surface area contributed by atoms with Gasteiger partial charge in [0.1, 0.15) is 6.04 Å². The van der Waals surface area contributed by atoms with Crippen molar-refractivity contribution in [2.45, 2.75) is 31.7 Å². The lowest BCUT2D eigenvalue weighted by Crippen LogP contribution is -2.48. The van der Waals surface area contributed by atoms with Crippen LogP contribution in [0.3, 0.4) is 0 Å². The van der Waals surface area contributed by atoms with Crippen LogP contribution in [0.4, 0.5) is 0 Å². The van der Waals surface area contributed by atoms with Crippen LogP contribution in [0.15, 0.2) is 24.3 Å². The molecule has 3 aliphatic rings. The van der Waals surface area contributed by atoms with E-state index in [1.54, 1.807) is 23.5 Å². The maximum atomic E-state index is 12.9. The van der Waals surface area contributed by atoms with Crippen LogP contribution < -0.4 is 0 Å². The Kier molecular flexibility index (Phi) is 5.27. The number of fused-ring (bicyclic) bond motifs is 1. The third-order valence-electron chi connectivity index (χ3n) is 5.46. The van der Waals surface area contributed by atoms with Crippen molar-refractivity contribution in [3.05, 3.63) is 35.4 Å². The van der Waals surface area contributed by atoms with Gasteiger partial charge in [-0.3, -0.25) is 9.59 Å². The number of amides is 2. The Morgan fingerprint density at radius 2 is 1.96 bits per heavy atom. The Labute approximate surface area is 157 Å². The number of hydrogen-bond donors (Lipinski definition) is 0. The Balaban J connectivity index is 1.38. The fourth-order valence-corrected chi connectivity index (χ4v) is 6.13. The maximum Gasteiger partial charge on any atom is 0.246 e. The second-order valence-electron chi connectivity index (χ2n) is 7.10. The fraction of sp³-hybridized carbons (Fsp3) is 0.579. The molecule has 0 radical (unpaired) electrons. The fourth-order valence-electron chi connectivity index (χ4n) is 4.00. The first kappa shape index (κ1) is 17.3. The van der Waals surface area contributed by atoms with E-state index >= 15 is 0 Å². The Bertz CT molecular complexity index is 661. The number of rotatable bonds is 3. The highest BCUT2D eigenvalue weighted by Gasteiger charge is 2.38. The van der Waals surface area contributed by atoms with Crippen molar-refractivity contribution >= 4 is 35.3 Å². The first-order valence-electron chi connectivity index (χ1n) is 9.03. The van der Waals surface area contributed by atoms with Gasteiger partial charge >= 0.3 is 0 Å². The molecule has 25 heavy (non-hydrogen) atoms. The van der Waals surface area contributed by atoms with E-state index in [2.05, 4.69) is 24.3 Å². The molecule has 2 amide bonds. The summed E-state index contributed by atoms with van der Waals surface area (Å²) in [5.41, 5.74) is 2.83. The summed E-state index contributed by atoms with van der Waals surface area (Å²) in [6, 6.07) is 8.33. The van der Waals surface area contributed by atoms with Crippen LogP contribution in [-0.2, 0) is 22.4 Å². The van der Waals surface area contributed by atoms with Crippen LogP contribution in [-0.4, -0.2) is 57.5 Å². The predicted molar refractivity (Wildman–Crippen MR) is 104 cm³/mol. The molecule has 6 heteroatoms. The average molecular weight is 377 g/mol. The van der Waals surface area contributed by atoms with E-state index in [0.29, 0.717) is 18.2 Å². The maximum absolute atomic E-state index is 12.9. The van der Waals surface area contributed by atoms with Gasteiger partial charge in [-0.25, -0.2) is 0 Å². The summed E-state index contributed by atoms with van der Waals surface area (Å²) in [7, 11) is 0. The van der Waals surface area contributed by atoms with Crippen molar-refractivity contribution in [2.24, 2.45) is 5.92 Å². The number of thioether (sulfide) groups is 2. The van der Waals surface area contributed by atoms with Gasteiger partial charge in [-0.1, -0.05) is 24.3 Å². The van der Waals surface area contributed by atoms with Gasteiger partial charge in [0, 0.05) is 24.5 Å². The van der Waals surface area contributed by atoms with Gasteiger partial charge in [-0.15, -0.1) is 23.5 Å². The summed E-state index contributed by atoms with van der Waals surface area (Å²) in [6.45, 7) is 0.826. The van der Waals surface area contributed by atoms with E-state index in [-0.39, 0.29) is 17.9 Å². The summed E-state index contributed by atoms with van der Waals surface area (Å²) >= 11 is 3.50. The van der Waals surface area contributed by atoms with Gasteiger partial charge in [0.25, 0.3) is 0 Å². The first-order valence-corrected chi connectivity index (χ1v) is 11.3. The molecule has 4 nitrogen and oxygen atoms in total. The van der Waals surface area contributed by atoms with E-state index in [0.717, 1.165) is 43.2 Å². The van der Waals surface area contributed by atoms with Crippen molar-refractivity contribution in [3.63, 3.8) is 0 Å². The minimum Gasteiger partial charge on any atom is -0.331 e. The lowest BCUT2D eigenvalue weighted by atomic mass is 9.82. The minimum atomic E-state index is -0.243. The average Bonchev–Trinajstić information content (AvgIpc) is 3.33. The third-order valence-corrected chi connectivity index (χ3v) is 7.44. The molecule has 1 aromatic carbocycles. The second-order valence-corrected chi connectivity index (χ2v) is 9.17. The molecule has 2 atom stereocenters. The zero-order chi connectivity index (χ0) is 17.2. The van der Waals surface area contributed by atoms with Crippen LogP contribution in [0.25, 0.3) is 0 Å². The lowest BCUT2D eigenvalue weighted by molar-refractivity contribution is -0.143. The molecule has 134 valence electrons. The van der Waals surface area contributed by atoms with Crippen molar-refractivity contribution in [1.82, 2.24) is 9.80 Å². The molecule has 0 N–H and O–H groups in total. The molecule has 2 heterocycles. The first-order chi connectivity index (χ1) is 12.2. The Hall–Kier alpha value is -1.14. The molecule has 2 saturated heterocycles. The van der Waals surface area contributed by atoms with Gasteiger partial charge in [-0.2, -0.15) is 0 Å². The molecule has 0 spiro atoms. The van der Waals surface area contributed by atoms with Gasteiger partial charge in [0.2, 0.25) is 11.8 Å². The lowest BCUT2D eigenvalue weighted by Gasteiger charge is -2.29. The highest BCUT2D eigenvalue weighted by molar-refractivity contribution is 7.99. The summed E-state index contributed by atoms with van der Waals surface area (Å²) in [4.78, 5) is 29.4. The topological polar surface area (TPSA) is 40.6 Å². The third kappa shape index (κ3) is 3.70. The molecule has 4 rings (SSSR count). The highest BCUT2D eigenvalue weighted by atomic mass is 32.2. The molecular weight excluding hydrogens is 352 g/mol. The quantitative estimate of drug-likeness (QED) is 0.813. The van der Waals surface area contributed by atoms with Crippen LogP contribution in [0, 0.1) is 5.92 Å². The zero-order valence-corrected chi connectivity index (χ0v) is 16.0. The van der Waals surface area contributed by atoms with Crippen LogP contribution in [0.1, 0.15) is 24.0 Å². The largest absolute Gasteiger partial charge is 0.331 e. The van der Waals surface area contributed by atoms with Crippen LogP contribution in [0.2, 0.25) is 0 Å². The molecule has 0 aromatic heterocycles. The number of hydrogen-bond acceptors (Lipinski definition) is 4. The highest BCUT2D eigenvalue weighted by Crippen LogP contribution is 2.30. The molecule has 2 aliphatic heterocycles. The molecule has 0 bridgehead atoms. The zero-order valence-electron chi connectivity index (χ0n) is 14.4. The summed E-state index contributed by atoms with van der Waals surface area (Å²) in [5, 5.41) is 0. The van der Waals surface area contributed by atoms with Crippen molar-refractivity contribution < 1.29 is 9.59 Å². The molecule has 1 aromatic rings. The number of benzene rings is 1. The normalized spacial score (nSPS) is 25.9. The molecule has 1 aliphatic carbocycles. The van der Waals surface area contributed by atoms with E-state index < -0.39 is 0 Å². The van der Waals surface area contributed by atoms with E-state index in [1.807, 2.05) is 9.80 Å². The Morgan fingerprint density at radius 3 is 2.76 bits per heavy atom. The van der Waals surface area contributed by atoms with Crippen molar-refractivity contribution in [3.8, 4) is 0 Å². The van der Waals surface area contributed by atoms with E-state index in [1.165, 1.54) is 11.1 Å². The monoisotopic (exact) mass is 376 g/mol. The van der Waals surface area contributed by atoms with Gasteiger partial charge in [-0.05, 0) is 36.3 Å². The van der Waals surface area contributed by atoms with E-state index in [4.69, 9.17) is 0 Å². The number of nitrogens with zero attached hydrogens (tertiary/aromatic N) is 2. The standard InChI is InChI=1S/C19H24N2O2S2/c22-18(10-14-5-6-15-3-1-2-4-16(15)9-14)21-13-25-11-17(21)19(23)20-7-8-24-12-20/h1-4,14,17H,5-13H2/t14-,17+/m1/s1. The SMILES string of the molecule is O=C([C@@H]1CSCN1C(=O)C[C@@H]1CCc2ccccc2C1)N1CCSC1.